The maximum absolute atomic E-state index is 12.7. The molecule has 0 radical (unpaired) electrons. The lowest BCUT2D eigenvalue weighted by Gasteiger charge is -2.26. The number of carbonyl (C=O) groups is 2. The molecular weight excluding hydrogens is 438 g/mol. The summed E-state index contributed by atoms with van der Waals surface area (Å²) in [5.74, 6) is 1.52. The largest absolute Gasteiger partial charge is 0.467 e. The van der Waals surface area contributed by atoms with Crippen LogP contribution in [0.15, 0.2) is 18.7 Å². The first-order chi connectivity index (χ1) is 16.2. The Balaban J connectivity index is 1.52. The lowest BCUT2D eigenvalue weighted by molar-refractivity contribution is -0.146. The number of methoxy groups -OCH3 is 1. The van der Waals surface area contributed by atoms with Gasteiger partial charge in [-0.15, -0.1) is 0 Å². The highest BCUT2D eigenvalue weighted by Crippen LogP contribution is 2.27. The van der Waals surface area contributed by atoms with E-state index in [0.29, 0.717) is 42.4 Å². The van der Waals surface area contributed by atoms with Gasteiger partial charge in [-0.25, -0.2) is 34.5 Å². The molecule has 2 amide bonds. The number of urea groups is 1. The molecule has 3 aromatic heterocycles. The topological polar surface area (TPSA) is 140 Å². The van der Waals surface area contributed by atoms with Crippen LogP contribution < -0.4 is 10.6 Å². The first-order valence-electron chi connectivity index (χ1n) is 11.2. The van der Waals surface area contributed by atoms with Gasteiger partial charge < -0.3 is 24.8 Å². The molecule has 0 aliphatic carbocycles. The molecule has 0 spiro atoms. The third-order valence-electron chi connectivity index (χ3n) is 5.82. The number of hydrogen-bond acceptors (Lipinski definition) is 9. The van der Waals surface area contributed by atoms with Crippen molar-refractivity contribution in [3.8, 4) is 11.4 Å². The minimum absolute atomic E-state index is 0.0250. The summed E-state index contributed by atoms with van der Waals surface area (Å²) in [4.78, 5) is 48.5. The van der Waals surface area contributed by atoms with E-state index in [0.717, 1.165) is 17.8 Å². The van der Waals surface area contributed by atoms with Crippen LogP contribution in [-0.2, 0) is 16.1 Å². The number of rotatable bonds is 6. The normalized spacial score (nSPS) is 16.0. The van der Waals surface area contributed by atoms with Crippen molar-refractivity contribution in [2.45, 2.75) is 52.2 Å². The van der Waals surface area contributed by atoms with Crippen LogP contribution in [0.5, 0.6) is 0 Å². The summed E-state index contributed by atoms with van der Waals surface area (Å²) in [5.41, 5.74) is 1.05. The van der Waals surface area contributed by atoms with Crippen molar-refractivity contribution in [3.05, 3.63) is 24.5 Å². The molecule has 0 bridgehead atoms. The quantitative estimate of drug-likeness (QED) is 0.519. The predicted molar refractivity (Wildman–Crippen MR) is 125 cm³/mol. The summed E-state index contributed by atoms with van der Waals surface area (Å²) in [6.45, 7) is 8.76. The van der Waals surface area contributed by atoms with Crippen molar-refractivity contribution in [1.29, 1.82) is 0 Å². The first-order valence-corrected chi connectivity index (χ1v) is 11.2. The summed E-state index contributed by atoms with van der Waals surface area (Å²) in [7, 11) is 1.30. The second-order valence-corrected chi connectivity index (χ2v) is 8.72. The molecule has 12 heteroatoms. The van der Waals surface area contributed by atoms with Gasteiger partial charge in [0.2, 0.25) is 0 Å². The van der Waals surface area contributed by atoms with Gasteiger partial charge in [-0.1, -0.05) is 0 Å². The zero-order valence-electron chi connectivity index (χ0n) is 20.0. The first kappa shape index (κ1) is 23.3. The number of nitrogens with one attached hydrogen (secondary N) is 2. The fourth-order valence-corrected chi connectivity index (χ4v) is 3.98. The number of anilines is 1. The number of aryl methyl sites for hydroxylation is 2. The zero-order chi connectivity index (χ0) is 24.5. The van der Waals surface area contributed by atoms with E-state index in [-0.39, 0.29) is 12.1 Å². The van der Waals surface area contributed by atoms with E-state index in [2.05, 4.69) is 30.6 Å². The summed E-state index contributed by atoms with van der Waals surface area (Å²) < 4.78 is 6.76. The smallest absolute Gasteiger partial charge is 0.331 e. The Morgan fingerprint density at radius 3 is 2.62 bits per heavy atom. The minimum Gasteiger partial charge on any atom is -0.467 e. The van der Waals surface area contributed by atoms with E-state index in [9.17, 15) is 9.59 Å². The highest BCUT2D eigenvalue weighted by molar-refractivity contribution is 5.87. The van der Waals surface area contributed by atoms with Gasteiger partial charge in [0.1, 0.15) is 23.5 Å². The average molecular weight is 468 g/mol. The molecule has 2 N–H and O–H groups in total. The van der Waals surface area contributed by atoms with Gasteiger partial charge in [0.05, 0.1) is 12.7 Å². The SMILES string of the molecule is CCn1c(-c2cnc(C)nc2)nc2c(NC3CCN(C(=O)NC(C)(C)C(=O)OC)C3)ncnc21. The molecule has 3 aromatic rings. The van der Waals surface area contributed by atoms with E-state index in [4.69, 9.17) is 9.72 Å². The standard InChI is InChI=1S/C22H29N9O3/c1-6-31-18(14-9-23-13(2)24-10-14)28-16-17(25-12-26-19(16)31)27-15-7-8-30(11-15)21(33)29-22(3,4)20(32)34-5/h9-10,12,15H,6-8,11H2,1-5H3,(H,29,33)(H,25,26,27). The van der Waals surface area contributed by atoms with Crippen LogP contribution in [0.2, 0.25) is 0 Å². The number of aromatic nitrogens is 6. The van der Waals surface area contributed by atoms with Crippen LogP contribution >= 0.6 is 0 Å². The molecule has 4 heterocycles. The Bertz CT molecular complexity index is 1210. The molecule has 1 atom stereocenters. The number of hydrogen-bond donors (Lipinski definition) is 2. The van der Waals surface area contributed by atoms with E-state index in [1.807, 2.05) is 18.4 Å². The predicted octanol–water partition coefficient (Wildman–Crippen LogP) is 1.76. The molecule has 1 fully saturated rings. The van der Waals surface area contributed by atoms with Gasteiger partial charge in [0, 0.05) is 38.1 Å². The molecule has 4 rings (SSSR count). The number of carbonyl (C=O) groups excluding carboxylic acids is 2. The van der Waals surface area contributed by atoms with Crippen molar-refractivity contribution >= 4 is 29.0 Å². The molecule has 1 aliphatic heterocycles. The van der Waals surface area contributed by atoms with E-state index >= 15 is 0 Å². The summed E-state index contributed by atoms with van der Waals surface area (Å²) >= 11 is 0. The molecule has 1 unspecified atom stereocenters. The van der Waals surface area contributed by atoms with Crippen molar-refractivity contribution in [1.82, 2.24) is 39.7 Å². The number of nitrogens with zero attached hydrogens (tertiary/aromatic N) is 7. The lowest BCUT2D eigenvalue weighted by atomic mass is 10.1. The minimum atomic E-state index is -1.11. The second kappa shape index (κ2) is 9.20. The monoisotopic (exact) mass is 467 g/mol. The fourth-order valence-electron chi connectivity index (χ4n) is 3.98. The van der Waals surface area contributed by atoms with Gasteiger partial charge in [-0.05, 0) is 34.1 Å². The summed E-state index contributed by atoms with van der Waals surface area (Å²) in [6.07, 6.45) is 5.73. The third-order valence-corrected chi connectivity index (χ3v) is 5.82. The Hall–Kier alpha value is -3.83. The van der Waals surface area contributed by atoms with Crippen LogP contribution in [0, 0.1) is 6.92 Å². The van der Waals surface area contributed by atoms with Gasteiger partial charge >= 0.3 is 12.0 Å². The molecule has 12 nitrogen and oxygen atoms in total. The number of fused-ring (bicyclic) bond motifs is 1. The fraction of sp³-hybridized carbons (Fsp3) is 0.500. The van der Waals surface area contributed by atoms with Crippen LogP contribution in [0.25, 0.3) is 22.6 Å². The summed E-state index contributed by atoms with van der Waals surface area (Å²) in [6, 6.07) is -0.340. The number of imidazole rings is 1. The van der Waals surface area contributed by atoms with Crippen LogP contribution in [-0.4, -0.2) is 78.2 Å². The van der Waals surface area contributed by atoms with Gasteiger partial charge in [0.25, 0.3) is 0 Å². The van der Waals surface area contributed by atoms with Crippen LogP contribution in [0.1, 0.15) is 33.0 Å². The Morgan fingerprint density at radius 2 is 1.94 bits per heavy atom. The van der Waals surface area contributed by atoms with Crippen LogP contribution in [0.3, 0.4) is 0 Å². The maximum atomic E-state index is 12.7. The molecular formula is C22H29N9O3. The molecule has 180 valence electrons. The lowest BCUT2D eigenvalue weighted by Crippen LogP contribution is -2.54. The molecule has 34 heavy (non-hydrogen) atoms. The van der Waals surface area contributed by atoms with Gasteiger partial charge in [-0.2, -0.15) is 0 Å². The Morgan fingerprint density at radius 1 is 1.21 bits per heavy atom. The number of likely N-dealkylation sites (tertiary alicyclic amines) is 1. The van der Waals surface area contributed by atoms with E-state index in [1.165, 1.54) is 13.4 Å². The third kappa shape index (κ3) is 4.47. The Labute approximate surface area is 197 Å². The van der Waals surface area contributed by atoms with Gasteiger partial charge in [-0.3, -0.25) is 0 Å². The number of amides is 2. The van der Waals surface area contributed by atoms with E-state index < -0.39 is 11.5 Å². The highest BCUT2D eigenvalue weighted by Gasteiger charge is 2.34. The molecule has 1 aliphatic rings. The van der Waals surface area contributed by atoms with E-state index in [1.54, 1.807) is 31.1 Å². The molecule has 0 aromatic carbocycles. The van der Waals surface area contributed by atoms with Crippen molar-refractivity contribution in [3.63, 3.8) is 0 Å². The molecule has 0 saturated carbocycles. The zero-order valence-corrected chi connectivity index (χ0v) is 20.0. The second-order valence-electron chi connectivity index (χ2n) is 8.72. The molecule has 1 saturated heterocycles. The number of esters is 1. The van der Waals surface area contributed by atoms with Crippen molar-refractivity contribution in [2.75, 3.05) is 25.5 Å². The van der Waals surface area contributed by atoms with Gasteiger partial charge in [0.15, 0.2) is 17.0 Å². The van der Waals surface area contributed by atoms with Crippen molar-refractivity contribution in [2.24, 2.45) is 0 Å². The Kier molecular flexibility index (Phi) is 6.31. The highest BCUT2D eigenvalue weighted by atomic mass is 16.5. The maximum Gasteiger partial charge on any atom is 0.331 e. The number of ether oxygens (including phenoxy) is 1. The summed E-state index contributed by atoms with van der Waals surface area (Å²) in [5, 5.41) is 6.15. The van der Waals surface area contributed by atoms with Crippen molar-refractivity contribution < 1.29 is 14.3 Å². The average Bonchev–Trinajstić information content (AvgIpc) is 3.44. The van der Waals surface area contributed by atoms with Crippen LogP contribution in [0.4, 0.5) is 10.6 Å².